The number of rotatable bonds is 3. The second-order valence-corrected chi connectivity index (χ2v) is 3.44. The van der Waals surface area contributed by atoms with Crippen LogP contribution in [0.25, 0.3) is 10.9 Å². The summed E-state index contributed by atoms with van der Waals surface area (Å²) in [6.45, 7) is 1.88. The van der Waals surface area contributed by atoms with E-state index < -0.39 is 11.8 Å². The van der Waals surface area contributed by atoms with Crippen molar-refractivity contribution < 1.29 is 18.7 Å². The number of aromatic amines is 1. The summed E-state index contributed by atoms with van der Waals surface area (Å²) in [5.74, 6) is -1.08. The van der Waals surface area contributed by atoms with Crippen LogP contribution in [0.15, 0.2) is 18.2 Å². The number of carbonyl (C=O) groups excluding carboxylic acids is 2. The fourth-order valence-electron chi connectivity index (χ4n) is 1.67. The van der Waals surface area contributed by atoms with E-state index in [4.69, 9.17) is 4.74 Å². The van der Waals surface area contributed by atoms with Crippen LogP contribution in [-0.4, -0.2) is 23.8 Å². The fraction of sp³-hybridized carbons (Fsp3) is 0.167. The van der Waals surface area contributed by atoms with Crippen molar-refractivity contribution in [2.24, 2.45) is 0 Å². The first-order valence-corrected chi connectivity index (χ1v) is 5.11. The maximum atomic E-state index is 13.1. The molecule has 0 radical (unpaired) electrons. The largest absolute Gasteiger partial charge is 0.461 e. The number of halogens is 1. The first kappa shape index (κ1) is 11.3. The second kappa shape index (κ2) is 4.37. The van der Waals surface area contributed by atoms with E-state index in [0.717, 1.165) is 0 Å². The molecule has 0 amide bonds. The first-order chi connectivity index (χ1) is 8.17. The van der Waals surface area contributed by atoms with Gasteiger partial charge in [0.1, 0.15) is 11.5 Å². The number of H-pyrrole nitrogens is 1. The van der Waals surface area contributed by atoms with E-state index >= 15 is 0 Å². The summed E-state index contributed by atoms with van der Waals surface area (Å²) in [6, 6.07) is 3.93. The van der Waals surface area contributed by atoms with E-state index in [1.165, 1.54) is 18.2 Å². The summed E-state index contributed by atoms with van der Waals surface area (Å²) in [6.07, 6.45) is 0.518. The molecule has 0 fully saturated rings. The van der Waals surface area contributed by atoms with Crippen LogP contribution in [0.5, 0.6) is 0 Å². The highest BCUT2D eigenvalue weighted by molar-refractivity contribution is 6.08. The number of aromatic nitrogens is 1. The standard InChI is InChI=1S/C12H10FNO3/c1-2-17-12(16)11-9(6-15)8-5-7(13)3-4-10(8)14-11/h3-6,14H,2H2,1H3. The van der Waals surface area contributed by atoms with E-state index in [0.29, 0.717) is 17.2 Å². The van der Waals surface area contributed by atoms with Gasteiger partial charge >= 0.3 is 5.97 Å². The molecule has 0 aliphatic heterocycles. The minimum absolute atomic E-state index is 0.0578. The number of benzene rings is 1. The number of fused-ring (bicyclic) bond motifs is 1. The number of hydrogen-bond donors (Lipinski definition) is 1. The molecule has 2 aromatic rings. The van der Waals surface area contributed by atoms with E-state index in [-0.39, 0.29) is 17.9 Å². The molecule has 1 N–H and O–H groups in total. The molecular weight excluding hydrogens is 225 g/mol. The zero-order valence-corrected chi connectivity index (χ0v) is 9.12. The molecule has 1 aromatic heterocycles. The van der Waals surface area contributed by atoms with Gasteiger partial charge in [-0.05, 0) is 25.1 Å². The summed E-state index contributed by atoms with van der Waals surface area (Å²) >= 11 is 0. The Morgan fingerprint density at radius 2 is 2.29 bits per heavy atom. The Hall–Kier alpha value is -2.17. The number of aldehydes is 1. The smallest absolute Gasteiger partial charge is 0.355 e. The zero-order valence-electron chi connectivity index (χ0n) is 9.12. The first-order valence-electron chi connectivity index (χ1n) is 5.11. The summed E-state index contributed by atoms with van der Waals surface area (Å²) < 4.78 is 17.9. The van der Waals surface area contributed by atoms with Crippen LogP contribution in [0.3, 0.4) is 0 Å². The van der Waals surface area contributed by atoms with Crippen molar-refractivity contribution in [1.29, 1.82) is 0 Å². The number of hydrogen-bond acceptors (Lipinski definition) is 3. The third kappa shape index (κ3) is 1.91. The quantitative estimate of drug-likeness (QED) is 0.656. The Bertz CT molecular complexity index is 589. The molecule has 4 nitrogen and oxygen atoms in total. The minimum Gasteiger partial charge on any atom is -0.461 e. The average molecular weight is 235 g/mol. The molecule has 0 saturated heterocycles. The second-order valence-electron chi connectivity index (χ2n) is 3.44. The Morgan fingerprint density at radius 3 is 2.94 bits per heavy atom. The summed E-state index contributed by atoms with van der Waals surface area (Å²) in [7, 11) is 0. The molecule has 0 unspecified atom stereocenters. The van der Waals surface area contributed by atoms with Gasteiger partial charge < -0.3 is 9.72 Å². The van der Waals surface area contributed by atoms with Crippen LogP contribution in [0, 0.1) is 5.82 Å². The van der Waals surface area contributed by atoms with Crippen LogP contribution in [0.1, 0.15) is 27.8 Å². The predicted octanol–water partition coefficient (Wildman–Crippen LogP) is 2.30. The van der Waals surface area contributed by atoms with Gasteiger partial charge in [-0.1, -0.05) is 0 Å². The van der Waals surface area contributed by atoms with Crippen molar-refractivity contribution >= 4 is 23.2 Å². The Kier molecular flexibility index (Phi) is 2.91. The van der Waals surface area contributed by atoms with Crippen molar-refractivity contribution in [2.45, 2.75) is 6.92 Å². The van der Waals surface area contributed by atoms with Crippen LogP contribution in [0.2, 0.25) is 0 Å². The lowest BCUT2D eigenvalue weighted by Gasteiger charge is -1.98. The lowest BCUT2D eigenvalue weighted by Crippen LogP contribution is -2.07. The summed E-state index contributed by atoms with van der Waals surface area (Å²) in [5, 5.41) is 0.378. The predicted molar refractivity (Wildman–Crippen MR) is 59.6 cm³/mol. The number of esters is 1. The molecule has 5 heteroatoms. The third-order valence-electron chi connectivity index (χ3n) is 2.40. The lowest BCUT2D eigenvalue weighted by molar-refractivity contribution is 0.0518. The molecule has 0 atom stereocenters. The molecule has 0 aliphatic carbocycles. The molecule has 88 valence electrons. The monoisotopic (exact) mass is 235 g/mol. The van der Waals surface area contributed by atoms with E-state index in [1.54, 1.807) is 6.92 Å². The van der Waals surface area contributed by atoms with E-state index in [2.05, 4.69) is 4.98 Å². The molecular formula is C12H10FNO3. The fourth-order valence-corrected chi connectivity index (χ4v) is 1.67. The molecule has 0 spiro atoms. The van der Waals surface area contributed by atoms with Gasteiger partial charge in [0.05, 0.1) is 12.2 Å². The SMILES string of the molecule is CCOC(=O)c1[nH]c2ccc(F)cc2c1C=O. The van der Waals surface area contributed by atoms with Crippen LogP contribution >= 0.6 is 0 Å². The van der Waals surface area contributed by atoms with Gasteiger partial charge in [-0.15, -0.1) is 0 Å². The Balaban J connectivity index is 2.64. The van der Waals surface area contributed by atoms with Gasteiger partial charge in [0.2, 0.25) is 0 Å². The topological polar surface area (TPSA) is 59.2 Å². The molecule has 2 rings (SSSR count). The van der Waals surface area contributed by atoms with Gasteiger partial charge in [-0.3, -0.25) is 4.79 Å². The summed E-state index contributed by atoms with van der Waals surface area (Å²) in [5.41, 5.74) is 0.706. The third-order valence-corrected chi connectivity index (χ3v) is 2.40. The van der Waals surface area contributed by atoms with Gasteiger partial charge in [-0.2, -0.15) is 0 Å². The molecule has 0 saturated carbocycles. The van der Waals surface area contributed by atoms with E-state index in [1.807, 2.05) is 0 Å². The maximum absolute atomic E-state index is 13.1. The van der Waals surface area contributed by atoms with Crippen LogP contribution in [-0.2, 0) is 4.74 Å². The lowest BCUT2D eigenvalue weighted by atomic mass is 10.1. The summed E-state index contributed by atoms with van der Waals surface area (Å²) in [4.78, 5) is 25.3. The highest BCUT2D eigenvalue weighted by atomic mass is 19.1. The van der Waals surface area contributed by atoms with Crippen LogP contribution < -0.4 is 0 Å². The molecule has 0 aliphatic rings. The number of carbonyl (C=O) groups is 2. The number of ether oxygens (including phenoxy) is 1. The van der Waals surface area contributed by atoms with Gasteiger partial charge in [0, 0.05) is 10.9 Å². The highest BCUT2D eigenvalue weighted by Gasteiger charge is 2.18. The van der Waals surface area contributed by atoms with Crippen molar-refractivity contribution in [3.63, 3.8) is 0 Å². The minimum atomic E-state index is -0.619. The van der Waals surface area contributed by atoms with Gasteiger partial charge in [-0.25, -0.2) is 9.18 Å². The van der Waals surface area contributed by atoms with Gasteiger partial charge in [0.25, 0.3) is 0 Å². The normalized spacial score (nSPS) is 10.5. The van der Waals surface area contributed by atoms with Gasteiger partial charge in [0.15, 0.2) is 6.29 Å². The zero-order chi connectivity index (χ0) is 12.4. The average Bonchev–Trinajstić information content (AvgIpc) is 2.67. The molecule has 0 bridgehead atoms. The molecule has 17 heavy (non-hydrogen) atoms. The Labute approximate surface area is 96.4 Å². The maximum Gasteiger partial charge on any atom is 0.355 e. The van der Waals surface area contributed by atoms with Crippen molar-refractivity contribution in [3.8, 4) is 0 Å². The van der Waals surface area contributed by atoms with Crippen molar-refractivity contribution in [2.75, 3.05) is 6.61 Å². The molecule has 1 aromatic carbocycles. The van der Waals surface area contributed by atoms with Crippen molar-refractivity contribution in [3.05, 3.63) is 35.3 Å². The van der Waals surface area contributed by atoms with E-state index in [9.17, 15) is 14.0 Å². The highest BCUT2D eigenvalue weighted by Crippen LogP contribution is 2.22. The molecule has 1 heterocycles. The van der Waals surface area contributed by atoms with Crippen LogP contribution in [0.4, 0.5) is 4.39 Å². The Morgan fingerprint density at radius 1 is 1.53 bits per heavy atom. The van der Waals surface area contributed by atoms with Crippen molar-refractivity contribution in [1.82, 2.24) is 4.98 Å². The number of nitrogens with one attached hydrogen (secondary N) is 1.